The Bertz CT molecular complexity index is 1170. The van der Waals surface area contributed by atoms with Gasteiger partial charge in [0.25, 0.3) is 0 Å². The second kappa shape index (κ2) is 9.40. The second-order valence-corrected chi connectivity index (χ2v) is 8.33. The van der Waals surface area contributed by atoms with Gasteiger partial charge in [-0.05, 0) is 48.7 Å². The molecule has 1 heterocycles. The van der Waals surface area contributed by atoms with Gasteiger partial charge in [0.1, 0.15) is 0 Å². The highest BCUT2D eigenvalue weighted by Gasteiger charge is 2.23. The molecule has 0 fully saturated rings. The quantitative estimate of drug-likeness (QED) is 0.347. The predicted molar refractivity (Wildman–Crippen MR) is 129 cm³/mol. The van der Waals surface area contributed by atoms with E-state index in [1.807, 2.05) is 61.5 Å². The fourth-order valence-corrected chi connectivity index (χ4v) is 4.35. The number of rotatable bonds is 7. The van der Waals surface area contributed by atoms with Crippen molar-refractivity contribution in [3.63, 3.8) is 0 Å². The third-order valence-electron chi connectivity index (χ3n) is 5.87. The number of carbonyl (C=O) groups excluding carboxylic acids is 1. The summed E-state index contributed by atoms with van der Waals surface area (Å²) < 4.78 is 2.25. The Morgan fingerprint density at radius 1 is 0.935 bits per heavy atom. The van der Waals surface area contributed by atoms with Gasteiger partial charge in [-0.15, -0.1) is 0 Å². The summed E-state index contributed by atoms with van der Waals surface area (Å²) in [6.07, 6.45) is 2.56. The molecule has 158 valence electrons. The fourth-order valence-electron chi connectivity index (χ4n) is 4.23. The monoisotopic (exact) mass is 430 g/mol. The van der Waals surface area contributed by atoms with Gasteiger partial charge in [-0.3, -0.25) is 4.79 Å². The standard InChI is InChI=1S/C27H27ClN2O/c1-3-30-18-25(23-11-7-8-12-26(23)30)24(21-13-15-22(28)16-14-21)17-27(31)29-19(2)20-9-5-4-6-10-20/h4-16,18-19,24H,3,17H2,1-2H3,(H,29,31)/t19-,24-/m0/s1. The maximum Gasteiger partial charge on any atom is 0.221 e. The maximum atomic E-state index is 13.1. The zero-order chi connectivity index (χ0) is 21.8. The molecule has 0 saturated heterocycles. The summed E-state index contributed by atoms with van der Waals surface area (Å²) in [5.41, 5.74) is 4.55. The molecular formula is C27H27ClN2O. The lowest BCUT2D eigenvalue weighted by molar-refractivity contribution is -0.121. The highest BCUT2D eigenvalue weighted by molar-refractivity contribution is 6.30. The maximum absolute atomic E-state index is 13.1. The van der Waals surface area contributed by atoms with Crippen LogP contribution in [0, 0.1) is 0 Å². The van der Waals surface area contributed by atoms with Crippen molar-refractivity contribution in [2.45, 2.75) is 38.8 Å². The molecule has 3 aromatic carbocycles. The fraction of sp³-hybridized carbons (Fsp3) is 0.222. The minimum absolute atomic E-state index is 0.0321. The zero-order valence-electron chi connectivity index (χ0n) is 17.9. The molecule has 1 amide bonds. The van der Waals surface area contributed by atoms with Crippen molar-refractivity contribution in [2.24, 2.45) is 0 Å². The van der Waals surface area contributed by atoms with E-state index in [1.54, 1.807) is 0 Å². The lowest BCUT2D eigenvalue weighted by Crippen LogP contribution is -2.28. The number of nitrogens with zero attached hydrogens (tertiary/aromatic N) is 1. The van der Waals surface area contributed by atoms with Gasteiger partial charge in [-0.2, -0.15) is 0 Å². The number of hydrogen-bond acceptors (Lipinski definition) is 1. The van der Waals surface area contributed by atoms with Crippen LogP contribution in [0.15, 0.2) is 85.1 Å². The van der Waals surface area contributed by atoms with Crippen molar-refractivity contribution >= 4 is 28.4 Å². The van der Waals surface area contributed by atoms with Crippen molar-refractivity contribution in [2.75, 3.05) is 0 Å². The molecule has 0 bridgehead atoms. The Labute approximate surface area is 188 Å². The predicted octanol–water partition coefficient (Wildman–Crippen LogP) is 6.71. The number of benzene rings is 3. The van der Waals surface area contributed by atoms with E-state index in [2.05, 4.69) is 47.3 Å². The van der Waals surface area contributed by atoms with Gasteiger partial charge in [0, 0.05) is 41.0 Å². The minimum atomic E-state index is -0.0575. The lowest BCUT2D eigenvalue weighted by atomic mass is 9.88. The molecule has 31 heavy (non-hydrogen) atoms. The van der Waals surface area contributed by atoms with Crippen LogP contribution in [0.4, 0.5) is 0 Å². The van der Waals surface area contributed by atoms with Gasteiger partial charge < -0.3 is 9.88 Å². The van der Waals surface area contributed by atoms with Gasteiger partial charge in [0.15, 0.2) is 0 Å². The first-order chi connectivity index (χ1) is 15.1. The number of para-hydroxylation sites is 1. The SMILES string of the molecule is CCn1cc([C@@H](CC(=O)N[C@@H](C)c2ccccc2)c2ccc(Cl)cc2)c2ccccc21. The van der Waals surface area contributed by atoms with Crippen molar-refractivity contribution < 1.29 is 4.79 Å². The molecule has 3 nitrogen and oxygen atoms in total. The van der Waals surface area contributed by atoms with E-state index in [9.17, 15) is 4.79 Å². The molecule has 0 aliphatic rings. The average molecular weight is 431 g/mol. The van der Waals surface area contributed by atoms with Crippen LogP contribution in [0.3, 0.4) is 0 Å². The van der Waals surface area contributed by atoms with Crippen LogP contribution in [-0.4, -0.2) is 10.5 Å². The number of amides is 1. The van der Waals surface area contributed by atoms with E-state index in [-0.39, 0.29) is 17.9 Å². The van der Waals surface area contributed by atoms with E-state index in [0.29, 0.717) is 11.4 Å². The van der Waals surface area contributed by atoms with Gasteiger partial charge >= 0.3 is 0 Å². The van der Waals surface area contributed by atoms with Crippen LogP contribution in [0.25, 0.3) is 10.9 Å². The van der Waals surface area contributed by atoms with Crippen LogP contribution in [0.1, 0.15) is 48.9 Å². The van der Waals surface area contributed by atoms with E-state index in [1.165, 1.54) is 16.5 Å². The Balaban J connectivity index is 1.68. The number of aryl methyl sites for hydroxylation is 1. The van der Waals surface area contributed by atoms with Crippen molar-refractivity contribution in [3.05, 3.63) is 107 Å². The molecular weight excluding hydrogens is 404 g/mol. The van der Waals surface area contributed by atoms with Crippen molar-refractivity contribution in [1.29, 1.82) is 0 Å². The molecule has 0 saturated carbocycles. The Hall–Kier alpha value is -3.04. The van der Waals surface area contributed by atoms with Crippen LogP contribution in [0.5, 0.6) is 0 Å². The summed E-state index contributed by atoms with van der Waals surface area (Å²) in [5, 5.41) is 5.06. The Morgan fingerprint density at radius 3 is 2.32 bits per heavy atom. The Morgan fingerprint density at radius 2 is 1.61 bits per heavy atom. The van der Waals surface area contributed by atoms with Gasteiger partial charge in [0.05, 0.1) is 6.04 Å². The normalized spacial score (nSPS) is 13.1. The van der Waals surface area contributed by atoms with Crippen LogP contribution < -0.4 is 5.32 Å². The summed E-state index contributed by atoms with van der Waals surface area (Å²) in [7, 11) is 0. The topological polar surface area (TPSA) is 34.0 Å². The van der Waals surface area contributed by atoms with E-state index >= 15 is 0 Å². The van der Waals surface area contributed by atoms with Gasteiger partial charge in [-0.1, -0.05) is 72.3 Å². The van der Waals surface area contributed by atoms with Crippen molar-refractivity contribution in [3.8, 4) is 0 Å². The van der Waals surface area contributed by atoms with E-state index in [0.717, 1.165) is 17.7 Å². The molecule has 0 unspecified atom stereocenters. The number of nitrogens with one attached hydrogen (secondary N) is 1. The first-order valence-electron chi connectivity index (χ1n) is 10.7. The number of hydrogen-bond donors (Lipinski definition) is 1. The number of aromatic nitrogens is 1. The number of carbonyl (C=O) groups is 1. The molecule has 1 aromatic heterocycles. The molecule has 0 aliphatic heterocycles. The Kier molecular flexibility index (Phi) is 6.43. The minimum Gasteiger partial charge on any atom is -0.350 e. The first-order valence-corrected chi connectivity index (χ1v) is 11.1. The largest absolute Gasteiger partial charge is 0.350 e. The molecule has 4 aromatic rings. The molecule has 2 atom stereocenters. The van der Waals surface area contributed by atoms with Gasteiger partial charge in [0.2, 0.25) is 5.91 Å². The molecule has 4 rings (SSSR count). The van der Waals surface area contributed by atoms with Crippen LogP contribution >= 0.6 is 11.6 Å². The average Bonchev–Trinajstić information content (AvgIpc) is 3.17. The van der Waals surface area contributed by atoms with Crippen LogP contribution in [0.2, 0.25) is 5.02 Å². The molecule has 0 spiro atoms. The second-order valence-electron chi connectivity index (χ2n) is 7.90. The molecule has 0 radical (unpaired) electrons. The number of fused-ring (bicyclic) bond motifs is 1. The van der Waals surface area contributed by atoms with Gasteiger partial charge in [-0.25, -0.2) is 0 Å². The third-order valence-corrected chi connectivity index (χ3v) is 6.13. The smallest absolute Gasteiger partial charge is 0.221 e. The van der Waals surface area contributed by atoms with Crippen molar-refractivity contribution in [1.82, 2.24) is 9.88 Å². The third kappa shape index (κ3) is 4.67. The zero-order valence-corrected chi connectivity index (χ0v) is 18.6. The highest BCUT2D eigenvalue weighted by Crippen LogP contribution is 2.35. The molecule has 1 N–H and O–H groups in total. The molecule has 0 aliphatic carbocycles. The summed E-state index contributed by atoms with van der Waals surface area (Å²) in [4.78, 5) is 13.1. The van der Waals surface area contributed by atoms with Crippen LogP contribution in [-0.2, 0) is 11.3 Å². The summed E-state index contributed by atoms with van der Waals surface area (Å²) in [6.45, 7) is 5.04. The number of halogens is 1. The van der Waals surface area contributed by atoms with E-state index in [4.69, 9.17) is 11.6 Å². The summed E-state index contributed by atoms with van der Waals surface area (Å²) in [6, 6.07) is 26.2. The molecule has 4 heteroatoms. The lowest BCUT2D eigenvalue weighted by Gasteiger charge is -2.20. The highest BCUT2D eigenvalue weighted by atomic mass is 35.5. The summed E-state index contributed by atoms with van der Waals surface area (Å²) in [5.74, 6) is -0.0254. The first kappa shape index (κ1) is 21.2. The van der Waals surface area contributed by atoms with E-state index < -0.39 is 0 Å². The summed E-state index contributed by atoms with van der Waals surface area (Å²) >= 11 is 6.14.